The van der Waals surface area contributed by atoms with E-state index in [1.54, 1.807) is 0 Å². The van der Waals surface area contributed by atoms with E-state index >= 15 is 0 Å². The lowest BCUT2D eigenvalue weighted by Gasteiger charge is -2.27. The molecule has 11 nitrogen and oxygen atoms in total. The highest BCUT2D eigenvalue weighted by Crippen LogP contribution is 2.26. The summed E-state index contributed by atoms with van der Waals surface area (Å²) in [7, 11) is 0. The van der Waals surface area contributed by atoms with Gasteiger partial charge < -0.3 is 43.3 Å². The van der Waals surface area contributed by atoms with Crippen molar-refractivity contribution in [3.05, 3.63) is 0 Å². The molecule has 0 unspecified atom stereocenters. The van der Waals surface area contributed by atoms with Crippen molar-refractivity contribution in [3.63, 3.8) is 0 Å². The summed E-state index contributed by atoms with van der Waals surface area (Å²) >= 11 is 1.90. The summed E-state index contributed by atoms with van der Waals surface area (Å²) in [6.45, 7) is 5.91. The van der Waals surface area contributed by atoms with Crippen molar-refractivity contribution in [2.75, 3.05) is 85.5 Å². The van der Waals surface area contributed by atoms with Gasteiger partial charge in [0, 0.05) is 17.7 Å². The summed E-state index contributed by atoms with van der Waals surface area (Å²) in [6, 6.07) is 0.216. The van der Waals surface area contributed by atoms with Crippen LogP contribution in [0.2, 0.25) is 0 Å². The molecule has 0 aromatic heterocycles. The number of Topliss-reactive ketones (excluding diaryl/α,β-unsaturated/α-hetero) is 1. The average Bonchev–Trinajstić information content (AvgIpc) is 2.89. The maximum absolute atomic E-state index is 11.8. The molecule has 0 spiro atoms. The van der Waals surface area contributed by atoms with E-state index in [-0.39, 0.29) is 50.6 Å². The van der Waals surface area contributed by atoms with Gasteiger partial charge in [-0.15, -0.1) is 0 Å². The Hall–Kier alpha value is -1.44. The molecule has 1 aliphatic rings. The van der Waals surface area contributed by atoms with E-state index in [0.29, 0.717) is 64.7 Å². The zero-order valence-corrected chi connectivity index (χ0v) is 23.2. The predicted octanol–water partition coefficient (Wildman–Crippen LogP) is 2.38. The van der Waals surface area contributed by atoms with Crippen LogP contribution in [0.15, 0.2) is 0 Å². The Morgan fingerprint density at radius 3 is 1.51 bits per heavy atom. The van der Waals surface area contributed by atoms with Crippen molar-refractivity contribution < 1.29 is 47.5 Å². The molecule has 0 saturated heterocycles. The van der Waals surface area contributed by atoms with Gasteiger partial charge in [-0.05, 0) is 38.9 Å². The van der Waals surface area contributed by atoms with E-state index in [4.69, 9.17) is 33.2 Å². The number of carbonyl (C=O) groups excluding carboxylic acids is 3. The number of alkyl carbamates (subject to hydrolysis) is 1. The molecule has 1 aliphatic carbocycles. The lowest BCUT2D eigenvalue weighted by atomic mass is 9.95. The molecule has 0 heterocycles. The quantitative estimate of drug-likeness (QED) is 0.148. The fraction of sp³-hybridized carbons (Fsp3) is 0.880. The second-order valence-corrected chi connectivity index (χ2v) is 9.61. The maximum atomic E-state index is 11.8. The minimum absolute atomic E-state index is 0.0357. The summed E-state index contributed by atoms with van der Waals surface area (Å²) in [6.07, 6.45) is 6.36. The van der Waals surface area contributed by atoms with Gasteiger partial charge in [-0.2, -0.15) is 11.8 Å². The number of esters is 1. The third-order valence-electron chi connectivity index (χ3n) is 5.45. The minimum Gasteiger partial charge on any atom is -0.463 e. The Balaban J connectivity index is 1.73. The number of ether oxygens (including phenoxy) is 7. The second-order valence-electron chi connectivity index (χ2n) is 8.47. The fourth-order valence-electron chi connectivity index (χ4n) is 3.39. The number of hydrogen-bond donors (Lipinski definition) is 1. The van der Waals surface area contributed by atoms with Crippen molar-refractivity contribution in [1.82, 2.24) is 5.32 Å². The van der Waals surface area contributed by atoms with Crippen LogP contribution in [-0.2, 0) is 42.7 Å². The van der Waals surface area contributed by atoms with Gasteiger partial charge in [0.1, 0.15) is 19.0 Å². The van der Waals surface area contributed by atoms with Crippen molar-refractivity contribution in [1.29, 1.82) is 0 Å². The lowest BCUT2D eigenvalue weighted by molar-refractivity contribution is -0.146. The van der Waals surface area contributed by atoms with Crippen molar-refractivity contribution >= 4 is 29.6 Å². The van der Waals surface area contributed by atoms with E-state index in [2.05, 4.69) is 11.6 Å². The van der Waals surface area contributed by atoms with Crippen molar-refractivity contribution in [2.45, 2.75) is 56.7 Å². The molecule has 0 bridgehead atoms. The largest absolute Gasteiger partial charge is 0.463 e. The van der Waals surface area contributed by atoms with Gasteiger partial charge in [-0.25, -0.2) is 4.79 Å². The summed E-state index contributed by atoms with van der Waals surface area (Å²) in [5, 5.41) is 3.64. The van der Waals surface area contributed by atoms with Crippen LogP contribution in [0.25, 0.3) is 0 Å². The first-order valence-corrected chi connectivity index (χ1v) is 14.3. The van der Waals surface area contributed by atoms with Gasteiger partial charge in [0.2, 0.25) is 0 Å². The van der Waals surface area contributed by atoms with Crippen LogP contribution in [0.1, 0.15) is 45.4 Å². The summed E-state index contributed by atoms with van der Waals surface area (Å²) < 4.78 is 37.0. The van der Waals surface area contributed by atoms with Gasteiger partial charge in [-0.3, -0.25) is 4.79 Å². The van der Waals surface area contributed by atoms with Crippen LogP contribution >= 0.6 is 11.8 Å². The molecular formula is C25H45NO10S. The van der Waals surface area contributed by atoms with Crippen molar-refractivity contribution in [2.24, 2.45) is 0 Å². The Bertz CT molecular complexity index is 602. The SMILES string of the molecule is CSC1CCC(NC(=O)OCCOCCOCCOCCOCCOCCOC(=O)CCC(C)=O)CC1. The Morgan fingerprint density at radius 2 is 1.08 bits per heavy atom. The summed E-state index contributed by atoms with van der Waals surface area (Å²) in [5.74, 6) is -0.431. The van der Waals surface area contributed by atoms with E-state index in [0.717, 1.165) is 25.7 Å². The monoisotopic (exact) mass is 551 g/mol. The zero-order valence-electron chi connectivity index (χ0n) is 22.4. The van der Waals surface area contributed by atoms with E-state index in [1.807, 2.05) is 11.8 Å². The Morgan fingerprint density at radius 1 is 0.649 bits per heavy atom. The topological polar surface area (TPSA) is 128 Å². The van der Waals surface area contributed by atoms with Crippen LogP contribution in [-0.4, -0.2) is 115 Å². The first-order chi connectivity index (χ1) is 18.0. The average molecular weight is 552 g/mol. The van der Waals surface area contributed by atoms with E-state index in [9.17, 15) is 14.4 Å². The van der Waals surface area contributed by atoms with Gasteiger partial charge in [0.05, 0.1) is 72.5 Å². The highest BCUT2D eigenvalue weighted by molar-refractivity contribution is 7.99. The molecule has 1 rings (SSSR count). The molecule has 0 aliphatic heterocycles. The summed E-state index contributed by atoms with van der Waals surface area (Å²) in [4.78, 5) is 33.9. The van der Waals surface area contributed by atoms with Crippen LogP contribution < -0.4 is 5.32 Å². The predicted molar refractivity (Wildman–Crippen MR) is 139 cm³/mol. The molecule has 0 aromatic rings. The Kier molecular flexibility index (Phi) is 21.5. The van der Waals surface area contributed by atoms with Crippen LogP contribution in [0, 0.1) is 0 Å². The second kappa shape index (κ2) is 23.7. The first-order valence-electron chi connectivity index (χ1n) is 13.0. The molecule has 0 aromatic carbocycles. The van der Waals surface area contributed by atoms with Crippen LogP contribution in [0.5, 0.6) is 0 Å². The van der Waals surface area contributed by atoms with Crippen LogP contribution in [0.4, 0.5) is 4.79 Å². The number of nitrogens with one attached hydrogen (secondary N) is 1. The van der Waals surface area contributed by atoms with Crippen molar-refractivity contribution in [3.8, 4) is 0 Å². The summed E-state index contributed by atoms with van der Waals surface area (Å²) in [5.41, 5.74) is 0. The third-order valence-corrected chi connectivity index (χ3v) is 6.59. The maximum Gasteiger partial charge on any atom is 0.407 e. The molecule has 216 valence electrons. The molecular weight excluding hydrogens is 506 g/mol. The number of hydrogen-bond acceptors (Lipinski definition) is 11. The normalized spacial score (nSPS) is 17.4. The first kappa shape index (κ1) is 33.6. The molecule has 0 atom stereocenters. The minimum atomic E-state index is -0.395. The van der Waals surface area contributed by atoms with E-state index in [1.165, 1.54) is 6.92 Å². The molecule has 37 heavy (non-hydrogen) atoms. The van der Waals surface area contributed by atoms with Crippen LogP contribution in [0.3, 0.4) is 0 Å². The molecule has 1 amide bonds. The number of thioether (sulfide) groups is 1. The molecule has 12 heteroatoms. The highest BCUT2D eigenvalue weighted by Gasteiger charge is 2.22. The lowest BCUT2D eigenvalue weighted by Crippen LogP contribution is -2.38. The van der Waals surface area contributed by atoms with Gasteiger partial charge in [0.25, 0.3) is 0 Å². The smallest absolute Gasteiger partial charge is 0.407 e. The van der Waals surface area contributed by atoms with Gasteiger partial charge in [-0.1, -0.05) is 0 Å². The van der Waals surface area contributed by atoms with Gasteiger partial charge in [0.15, 0.2) is 0 Å². The van der Waals surface area contributed by atoms with E-state index < -0.39 is 5.97 Å². The third kappa shape index (κ3) is 21.2. The number of rotatable bonds is 23. The molecule has 0 radical (unpaired) electrons. The zero-order chi connectivity index (χ0) is 27.0. The number of ketones is 1. The highest BCUT2D eigenvalue weighted by atomic mass is 32.2. The van der Waals surface area contributed by atoms with Gasteiger partial charge >= 0.3 is 12.1 Å². The number of carbonyl (C=O) groups is 3. The fourth-order valence-corrected chi connectivity index (χ4v) is 4.13. The molecule has 1 fully saturated rings. The number of amides is 1. The standard InChI is InChI=1S/C25H45NO10S/c1-21(27)3-8-24(28)35-19-17-33-15-13-31-11-9-30-10-12-32-14-16-34-18-20-36-25(29)26-22-4-6-23(37-2)7-5-22/h22-23H,3-20H2,1-2H3,(H,26,29). The molecule has 1 saturated carbocycles. The molecule has 1 N–H and O–H groups in total. The Labute approximate surface area is 224 Å².